The summed E-state index contributed by atoms with van der Waals surface area (Å²) in [6, 6.07) is 7.24. The maximum Gasteiger partial charge on any atom is 0.418 e. The third kappa shape index (κ3) is 3.83. The SMILES string of the molecule is CN(c1cn(-c2ccc(C(=O)O)cc2F)c2c1CCCC2)c1c(Cl)cccc1C(F)(F)F. The number of alkyl halides is 3. The van der Waals surface area contributed by atoms with Crippen LogP contribution in [0.5, 0.6) is 0 Å². The number of halogens is 5. The molecular formula is C23H19ClF4N2O2. The summed E-state index contributed by atoms with van der Waals surface area (Å²) in [7, 11) is 1.51. The number of carbonyl (C=O) groups is 1. The molecule has 1 N–H and O–H groups in total. The monoisotopic (exact) mass is 466 g/mol. The number of nitrogens with zero attached hydrogens (tertiary/aromatic N) is 2. The molecule has 0 atom stereocenters. The molecule has 2 aromatic carbocycles. The lowest BCUT2D eigenvalue weighted by atomic mass is 9.96. The topological polar surface area (TPSA) is 45.5 Å². The van der Waals surface area contributed by atoms with Gasteiger partial charge in [-0.15, -0.1) is 0 Å². The number of aromatic nitrogens is 1. The fourth-order valence-electron chi connectivity index (χ4n) is 4.25. The molecule has 4 rings (SSSR count). The van der Waals surface area contributed by atoms with Gasteiger partial charge in [0.25, 0.3) is 0 Å². The molecule has 1 aliphatic rings. The van der Waals surface area contributed by atoms with Crippen LogP contribution >= 0.6 is 11.6 Å². The van der Waals surface area contributed by atoms with E-state index < -0.39 is 23.5 Å². The van der Waals surface area contributed by atoms with Gasteiger partial charge >= 0.3 is 12.1 Å². The Morgan fingerprint density at radius 1 is 1.16 bits per heavy atom. The number of benzene rings is 2. The van der Waals surface area contributed by atoms with Gasteiger partial charge in [-0.2, -0.15) is 13.2 Å². The van der Waals surface area contributed by atoms with Crippen molar-refractivity contribution in [2.24, 2.45) is 0 Å². The fraction of sp³-hybridized carbons (Fsp3) is 0.261. The van der Waals surface area contributed by atoms with Gasteiger partial charge in [-0.1, -0.05) is 17.7 Å². The van der Waals surface area contributed by atoms with Crippen LogP contribution in [0.3, 0.4) is 0 Å². The molecule has 3 aromatic rings. The lowest BCUT2D eigenvalue weighted by Crippen LogP contribution is -2.18. The molecule has 0 amide bonds. The number of fused-ring (bicyclic) bond motifs is 1. The lowest BCUT2D eigenvalue weighted by Gasteiger charge is -2.26. The summed E-state index contributed by atoms with van der Waals surface area (Å²) >= 11 is 6.20. The van der Waals surface area contributed by atoms with Crippen molar-refractivity contribution in [1.29, 1.82) is 0 Å². The Bertz CT molecular complexity index is 1200. The molecule has 0 radical (unpaired) electrons. The minimum Gasteiger partial charge on any atom is -0.478 e. The van der Waals surface area contributed by atoms with Crippen molar-refractivity contribution >= 4 is 28.9 Å². The van der Waals surface area contributed by atoms with Gasteiger partial charge in [0, 0.05) is 18.9 Å². The first-order valence-electron chi connectivity index (χ1n) is 9.95. The number of hydrogen-bond acceptors (Lipinski definition) is 2. The smallest absolute Gasteiger partial charge is 0.418 e. The molecule has 9 heteroatoms. The summed E-state index contributed by atoms with van der Waals surface area (Å²) in [4.78, 5) is 12.5. The second-order valence-corrected chi connectivity index (χ2v) is 8.09. The Kier molecular flexibility index (Phi) is 5.67. The molecule has 0 spiro atoms. The second kappa shape index (κ2) is 8.16. The first kappa shape index (κ1) is 22.2. The van der Waals surface area contributed by atoms with E-state index in [-0.39, 0.29) is 22.0 Å². The zero-order valence-electron chi connectivity index (χ0n) is 17.0. The Morgan fingerprint density at radius 3 is 2.53 bits per heavy atom. The van der Waals surface area contributed by atoms with E-state index >= 15 is 0 Å². The first-order chi connectivity index (χ1) is 15.1. The molecular weight excluding hydrogens is 448 g/mol. The van der Waals surface area contributed by atoms with Crippen LogP contribution in [0.25, 0.3) is 5.69 Å². The van der Waals surface area contributed by atoms with Gasteiger partial charge in [0.2, 0.25) is 0 Å². The maximum absolute atomic E-state index is 14.8. The van der Waals surface area contributed by atoms with Gasteiger partial charge in [0.1, 0.15) is 5.82 Å². The summed E-state index contributed by atoms with van der Waals surface area (Å²) < 4.78 is 57.5. The summed E-state index contributed by atoms with van der Waals surface area (Å²) in [5, 5.41) is 9.05. The molecule has 0 bridgehead atoms. The predicted molar refractivity (Wildman–Crippen MR) is 114 cm³/mol. The van der Waals surface area contributed by atoms with E-state index in [1.165, 1.54) is 36.2 Å². The highest BCUT2D eigenvalue weighted by Crippen LogP contribution is 2.45. The number of aromatic carboxylic acids is 1. The van der Waals surface area contributed by atoms with E-state index in [2.05, 4.69) is 0 Å². The van der Waals surface area contributed by atoms with Crippen LogP contribution in [0.4, 0.5) is 28.9 Å². The quantitative estimate of drug-likeness (QED) is 0.439. The number of para-hydroxylation sites is 1. The average molecular weight is 467 g/mol. The molecule has 0 saturated carbocycles. The minimum absolute atomic E-state index is 0.0448. The Morgan fingerprint density at radius 2 is 1.88 bits per heavy atom. The third-order valence-corrected chi connectivity index (χ3v) is 6.04. The zero-order valence-corrected chi connectivity index (χ0v) is 17.8. The van der Waals surface area contributed by atoms with Gasteiger partial charge < -0.3 is 14.6 Å². The van der Waals surface area contributed by atoms with Gasteiger partial charge in [0.05, 0.1) is 33.2 Å². The van der Waals surface area contributed by atoms with Crippen LogP contribution in [-0.4, -0.2) is 22.7 Å². The average Bonchev–Trinajstić information content (AvgIpc) is 3.12. The van der Waals surface area contributed by atoms with Gasteiger partial charge in [-0.05, 0) is 61.6 Å². The van der Waals surface area contributed by atoms with Gasteiger partial charge in [-0.3, -0.25) is 0 Å². The molecule has 1 aromatic heterocycles. The summed E-state index contributed by atoms with van der Waals surface area (Å²) in [5.74, 6) is -1.97. The normalized spacial score (nSPS) is 13.7. The third-order valence-electron chi connectivity index (χ3n) is 5.73. The number of anilines is 2. The second-order valence-electron chi connectivity index (χ2n) is 7.68. The van der Waals surface area contributed by atoms with Crippen molar-refractivity contribution in [2.45, 2.75) is 31.9 Å². The first-order valence-corrected chi connectivity index (χ1v) is 10.3. The van der Waals surface area contributed by atoms with E-state index in [1.807, 2.05) is 0 Å². The molecule has 4 nitrogen and oxygen atoms in total. The van der Waals surface area contributed by atoms with Crippen molar-refractivity contribution in [3.63, 3.8) is 0 Å². The molecule has 1 aliphatic carbocycles. The molecule has 168 valence electrons. The molecule has 0 aliphatic heterocycles. The van der Waals surface area contributed by atoms with Crippen LogP contribution < -0.4 is 4.90 Å². The van der Waals surface area contributed by atoms with Crippen molar-refractivity contribution in [2.75, 3.05) is 11.9 Å². The molecule has 0 fully saturated rings. The highest BCUT2D eigenvalue weighted by molar-refractivity contribution is 6.33. The van der Waals surface area contributed by atoms with Gasteiger partial charge in [-0.25, -0.2) is 9.18 Å². The van der Waals surface area contributed by atoms with Crippen LogP contribution in [0, 0.1) is 5.82 Å². The highest BCUT2D eigenvalue weighted by atomic mass is 35.5. The van der Waals surface area contributed by atoms with Crippen LogP contribution in [0.1, 0.15) is 40.0 Å². The lowest BCUT2D eigenvalue weighted by molar-refractivity contribution is -0.137. The zero-order chi connectivity index (χ0) is 23.2. The Balaban J connectivity index is 1.89. The number of carboxylic acids is 1. The molecule has 0 unspecified atom stereocenters. The van der Waals surface area contributed by atoms with Crippen molar-refractivity contribution in [3.05, 3.63) is 75.8 Å². The maximum atomic E-state index is 14.8. The van der Waals surface area contributed by atoms with E-state index in [1.54, 1.807) is 10.8 Å². The molecule has 0 saturated heterocycles. The standard InChI is InChI=1S/C23H19ClF4N2O2/c1-29(21-15(23(26,27)28)6-4-7-16(21)24)20-12-30(18-8-3-2-5-14(18)20)19-10-9-13(22(31)32)11-17(19)25/h4,6-7,9-12H,2-3,5,8H2,1H3,(H,31,32). The van der Waals surface area contributed by atoms with E-state index in [4.69, 9.17) is 16.7 Å². The van der Waals surface area contributed by atoms with Crippen molar-refractivity contribution < 1.29 is 27.5 Å². The van der Waals surface area contributed by atoms with E-state index in [0.717, 1.165) is 36.2 Å². The number of hydrogen-bond donors (Lipinski definition) is 1. The number of carboxylic acid groups (broad SMARTS) is 1. The largest absolute Gasteiger partial charge is 0.478 e. The summed E-state index contributed by atoms with van der Waals surface area (Å²) in [6.07, 6.45) is -0.0450. The van der Waals surface area contributed by atoms with Crippen LogP contribution in [0.2, 0.25) is 5.02 Å². The minimum atomic E-state index is -4.60. The molecule has 1 heterocycles. The fourth-order valence-corrected chi connectivity index (χ4v) is 4.56. The summed E-state index contributed by atoms with van der Waals surface area (Å²) in [5.41, 5.74) is 1.04. The molecule has 32 heavy (non-hydrogen) atoms. The Hall–Kier alpha value is -3.00. The highest BCUT2D eigenvalue weighted by Gasteiger charge is 2.36. The van der Waals surface area contributed by atoms with Crippen molar-refractivity contribution in [3.8, 4) is 5.69 Å². The predicted octanol–water partition coefficient (Wildman–Crippen LogP) is 6.63. The Labute approximate surface area is 186 Å². The van der Waals surface area contributed by atoms with Crippen molar-refractivity contribution in [1.82, 2.24) is 4.57 Å². The van der Waals surface area contributed by atoms with E-state index in [9.17, 15) is 22.4 Å². The van der Waals surface area contributed by atoms with E-state index in [0.29, 0.717) is 18.5 Å². The van der Waals surface area contributed by atoms with Crippen LogP contribution in [-0.2, 0) is 19.0 Å². The number of rotatable bonds is 4. The van der Waals surface area contributed by atoms with Crippen LogP contribution in [0.15, 0.2) is 42.6 Å². The van der Waals surface area contributed by atoms with Gasteiger partial charge in [0.15, 0.2) is 0 Å². The summed E-state index contributed by atoms with van der Waals surface area (Å²) in [6.45, 7) is 0.